The van der Waals surface area contributed by atoms with E-state index >= 15 is 0 Å². The van der Waals surface area contributed by atoms with Crippen LogP contribution in [0.1, 0.15) is 50.5 Å². The monoisotopic (exact) mass is 298 g/mol. The molecule has 2 heterocycles. The number of hydrogen-bond acceptors (Lipinski definition) is 5. The van der Waals surface area contributed by atoms with Gasteiger partial charge in [0.15, 0.2) is 0 Å². The molecule has 0 aromatic carbocycles. The van der Waals surface area contributed by atoms with E-state index in [1.807, 2.05) is 40.0 Å². The summed E-state index contributed by atoms with van der Waals surface area (Å²) >= 11 is 0. The van der Waals surface area contributed by atoms with Crippen LogP contribution in [0.2, 0.25) is 0 Å². The van der Waals surface area contributed by atoms with Gasteiger partial charge in [0.25, 0.3) is 5.56 Å². The van der Waals surface area contributed by atoms with Crippen LogP contribution in [0.3, 0.4) is 0 Å². The van der Waals surface area contributed by atoms with Crippen LogP contribution in [0.15, 0.2) is 11.0 Å². The lowest BCUT2D eigenvalue weighted by atomic mass is 10.1. The van der Waals surface area contributed by atoms with Gasteiger partial charge in [-0.05, 0) is 46.3 Å². The fourth-order valence-corrected chi connectivity index (χ4v) is 1.87. The largest absolute Gasteiger partial charge is 0.306 e. The molecule has 0 aliphatic rings. The number of aromatic nitrogens is 5. The third-order valence-corrected chi connectivity index (χ3v) is 3.15. The Morgan fingerprint density at radius 3 is 2.64 bits per heavy atom. The molecule has 0 fully saturated rings. The molecule has 0 saturated heterocycles. The molecule has 0 aliphatic carbocycles. The second-order valence-corrected chi connectivity index (χ2v) is 6.07. The fourth-order valence-electron chi connectivity index (χ4n) is 1.87. The fraction of sp³-hybridized carbons (Fsp3) is 0.400. The van der Waals surface area contributed by atoms with Gasteiger partial charge < -0.3 is 4.98 Å². The number of aromatic amines is 1. The van der Waals surface area contributed by atoms with E-state index in [1.165, 1.54) is 0 Å². The quantitative estimate of drug-likeness (QED) is 0.912. The van der Waals surface area contributed by atoms with Crippen LogP contribution in [-0.4, -0.2) is 25.0 Å². The van der Waals surface area contributed by atoms with Gasteiger partial charge in [-0.1, -0.05) is 5.21 Å². The number of aryl methyl sites for hydroxylation is 1. The summed E-state index contributed by atoms with van der Waals surface area (Å²) in [5.74, 6) is 0.423. The molecule has 1 N–H and O–H groups in total. The summed E-state index contributed by atoms with van der Waals surface area (Å²) in [7, 11) is 0. The molecule has 7 heteroatoms. The van der Waals surface area contributed by atoms with Crippen molar-refractivity contribution in [3.05, 3.63) is 39.3 Å². The highest BCUT2D eigenvalue weighted by molar-refractivity contribution is 5.75. The summed E-state index contributed by atoms with van der Waals surface area (Å²) in [6.07, 6.45) is 3.62. The Morgan fingerprint density at radius 1 is 1.45 bits per heavy atom. The summed E-state index contributed by atoms with van der Waals surface area (Å²) in [5.41, 5.74) is 1.28. The smallest absolute Gasteiger partial charge is 0.269 e. The molecule has 2 aromatic heterocycles. The van der Waals surface area contributed by atoms with Gasteiger partial charge in [0.2, 0.25) is 0 Å². The highest BCUT2D eigenvalue weighted by atomic mass is 16.1. The average molecular weight is 298 g/mol. The molecule has 114 valence electrons. The first-order valence-electron chi connectivity index (χ1n) is 6.85. The lowest BCUT2D eigenvalue weighted by Gasteiger charge is -2.17. The Morgan fingerprint density at radius 2 is 2.14 bits per heavy atom. The van der Waals surface area contributed by atoms with E-state index in [2.05, 4.69) is 20.3 Å². The van der Waals surface area contributed by atoms with E-state index in [0.717, 1.165) is 5.57 Å². The van der Waals surface area contributed by atoms with Crippen LogP contribution in [0.5, 0.6) is 0 Å². The first-order valence-corrected chi connectivity index (χ1v) is 6.85. The minimum atomic E-state index is -0.434. The van der Waals surface area contributed by atoms with Crippen molar-refractivity contribution < 1.29 is 0 Å². The number of allylic oxidation sites excluding steroid dienone is 1. The predicted molar refractivity (Wildman–Crippen MR) is 82.9 cm³/mol. The SMILES string of the molecule is C/C(=C/c1cn(C(C)(C)C)nn1)c1nc(C)c(C#N)c(=O)[nH]1. The summed E-state index contributed by atoms with van der Waals surface area (Å²) in [6.45, 7) is 9.56. The number of nitrogens with one attached hydrogen (secondary N) is 1. The minimum absolute atomic E-state index is 0.0372. The second-order valence-electron chi connectivity index (χ2n) is 6.07. The zero-order valence-electron chi connectivity index (χ0n) is 13.3. The van der Waals surface area contributed by atoms with Gasteiger partial charge in [0, 0.05) is 0 Å². The van der Waals surface area contributed by atoms with Crippen LogP contribution < -0.4 is 5.56 Å². The van der Waals surface area contributed by atoms with Gasteiger partial charge in [0.1, 0.15) is 23.2 Å². The topological polar surface area (TPSA) is 100 Å². The van der Waals surface area contributed by atoms with Crippen molar-refractivity contribution in [3.63, 3.8) is 0 Å². The molecule has 7 nitrogen and oxygen atoms in total. The predicted octanol–water partition coefficient (Wildman–Crippen LogP) is 1.86. The standard InChI is InChI=1S/C15H18N6O/c1-9(6-11-8-21(20-19-11)15(3,4)5)13-17-10(2)12(7-16)14(22)18-13/h6,8H,1-5H3,(H,17,18,22)/b9-6-. The Balaban J connectivity index is 2.40. The normalized spacial score (nSPS) is 12.3. The van der Waals surface area contributed by atoms with Crippen molar-refractivity contribution in [2.45, 2.75) is 40.2 Å². The molecule has 0 unspecified atom stereocenters. The van der Waals surface area contributed by atoms with Crippen molar-refractivity contribution in [2.24, 2.45) is 0 Å². The van der Waals surface area contributed by atoms with Crippen molar-refractivity contribution in [1.82, 2.24) is 25.0 Å². The first kappa shape index (κ1) is 15.6. The van der Waals surface area contributed by atoms with E-state index in [4.69, 9.17) is 5.26 Å². The Hall–Kier alpha value is -2.75. The zero-order valence-corrected chi connectivity index (χ0v) is 13.3. The molecule has 0 saturated carbocycles. The minimum Gasteiger partial charge on any atom is -0.306 e. The van der Waals surface area contributed by atoms with Crippen LogP contribution in [0.25, 0.3) is 11.6 Å². The van der Waals surface area contributed by atoms with E-state index in [9.17, 15) is 4.79 Å². The van der Waals surface area contributed by atoms with Gasteiger partial charge in [-0.3, -0.25) is 4.79 Å². The van der Waals surface area contributed by atoms with E-state index in [0.29, 0.717) is 17.2 Å². The molecular weight excluding hydrogens is 280 g/mol. The Kier molecular flexibility index (Phi) is 3.95. The lowest BCUT2D eigenvalue weighted by Crippen LogP contribution is -2.22. The molecule has 0 spiro atoms. The van der Waals surface area contributed by atoms with E-state index < -0.39 is 5.56 Å². The highest BCUT2D eigenvalue weighted by Gasteiger charge is 2.15. The molecule has 0 atom stereocenters. The van der Waals surface area contributed by atoms with E-state index in [-0.39, 0.29) is 11.1 Å². The maximum atomic E-state index is 11.8. The number of nitriles is 1. The molecule has 0 radical (unpaired) electrons. The first-order chi connectivity index (χ1) is 10.2. The number of H-pyrrole nitrogens is 1. The molecule has 22 heavy (non-hydrogen) atoms. The maximum absolute atomic E-state index is 11.8. The lowest BCUT2D eigenvalue weighted by molar-refractivity contribution is 0.347. The number of hydrogen-bond donors (Lipinski definition) is 1. The van der Waals surface area contributed by atoms with E-state index in [1.54, 1.807) is 17.7 Å². The Labute approximate surface area is 128 Å². The van der Waals surface area contributed by atoms with Crippen molar-refractivity contribution in [1.29, 1.82) is 5.26 Å². The molecule has 0 amide bonds. The van der Waals surface area contributed by atoms with Crippen LogP contribution in [0.4, 0.5) is 0 Å². The second kappa shape index (κ2) is 5.56. The zero-order chi connectivity index (χ0) is 16.5. The summed E-state index contributed by atoms with van der Waals surface area (Å²) in [4.78, 5) is 18.7. The van der Waals surface area contributed by atoms with Crippen LogP contribution in [-0.2, 0) is 5.54 Å². The molecule has 2 rings (SSSR count). The van der Waals surface area contributed by atoms with Crippen molar-refractivity contribution in [2.75, 3.05) is 0 Å². The molecule has 0 aliphatic heterocycles. The summed E-state index contributed by atoms with van der Waals surface area (Å²) in [6, 6.07) is 1.85. The van der Waals surface area contributed by atoms with Gasteiger partial charge in [-0.25, -0.2) is 9.67 Å². The summed E-state index contributed by atoms with van der Waals surface area (Å²) in [5, 5.41) is 17.1. The number of rotatable bonds is 2. The van der Waals surface area contributed by atoms with Gasteiger partial charge in [-0.2, -0.15) is 5.26 Å². The van der Waals surface area contributed by atoms with Gasteiger partial charge >= 0.3 is 0 Å². The Bertz CT molecular complexity index is 829. The third kappa shape index (κ3) is 3.11. The van der Waals surface area contributed by atoms with Gasteiger partial charge in [-0.15, -0.1) is 5.10 Å². The summed E-state index contributed by atoms with van der Waals surface area (Å²) < 4.78 is 1.77. The van der Waals surface area contributed by atoms with Crippen molar-refractivity contribution >= 4 is 11.6 Å². The van der Waals surface area contributed by atoms with Gasteiger partial charge in [0.05, 0.1) is 17.4 Å². The van der Waals surface area contributed by atoms with Crippen molar-refractivity contribution in [3.8, 4) is 6.07 Å². The number of nitrogens with zero attached hydrogens (tertiary/aromatic N) is 5. The maximum Gasteiger partial charge on any atom is 0.269 e. The van der Waals surface area contributed by atoms with Crippen LogP contribution in [0, 0.1) is 18.3 Å². The third-order valence-electron chi connectivity index (χ3n) is 3.15. The molecule has 2 aromatic rings. The van der Waals surface area contributed by atoms with Crippen LogP contribution >= 0.6 is 0 Å². The average Bonchev–Trinajstić information content (AvgIpc) is 2.86. The molecular formula is C15H18N6O. The highest BCUT2D eigenvalue weighted by Crippen LogP contribution is 2.16. The molecule has 0 bridgehead atoms.